The molecule has 1 fully saturated rings. The second-order valence-electron chi connectivity index (χ2n) is 6.55. The van der Waals surface area contributed by atoms with Crippen molar-refractivity contribution in [3.05, 3.63) is 45.6 Å². The molecule has 2 heterocycles. The Hall–Kier alpha value is -3.39. The lowest BCUT2D eigenvalue weighted by atomic mass is 10.0. The van der Waals surface area contributed by atoms with E-state index in [0.29, 0.717) is 23.2 Å². The van der Waals surface area contributed by atoms with E-state index in [0.717, 1.165) is 0 Å². The number of hydrogen-bond acceptors (Lipinski definition) is 4. The summed E-state index contributed by atoms with van der Waals surface area (Å²) < 4.78 is 104. The van der Waals surface area contributed by atoms with Gasteiger partial charge in [-0.2, -0.15) is 31.0 Å². The van der Waals surface area contributed by atoms with Crippen LogP contribution in [0, 0.1) is 0 Å². The number of carbonyl (C=O) groups is 1. The summed E-state index contributed by atoms with van der Waals surface area (Å²) in [5.41, 5.74) is -5.28. The highest BCUT2D eigenvalue weighted by Crippen LogP contribution is 2.38. The van der Waals surface area contributed by atoms with Crippen molar-refractivity contribution in [2.45, 2.75) is 18.3 Å². The van der Waals surface area contributed by atoms with Crippen molar-refractivity contribution in [3.63, 3.8) is 0 Å². The Labute approximate surface area is 166 Å². The largest absolute Gasteiger partial charge is 0.502 e. The van der Waals surface area contributed by atoms with Gasteiger partial charge in [0.15, 0.2) is 11.6 Å². The average molecular weight is 458 g/mol. The van der Waals surface area contributed by atoms with E-state index in [9.17, 15) is 49.8 Å². The number of halogens is 8. The van der Waals surface area contributed by atoms with Crippen LogP contribution in [0.1, 0.15) is 11.1 Å². The normalized spacial score (nSPS) is 16.9. The number of nitrogens with one attached hydrogen (secondary N) is 1. The summed E-state index contributed by atoms with van der Waals surface area (Å²) in [5, 5.41) is 13.1. The SMILES string of the molecule is O=C(/C(O)=C\n1nc(-c2cc(C(F)(F)F)cc(C(F)(F)F)c2)[nH]c1=O)N1CC(F)(F)C1. The van der Waals surface area contributed by atoms with E-state index in [1.807, 2.05) is 4.98 Å². The summed E-state index contributed by atoms with van der Waals surface area (Å²) in [7, 11) is 0. The standard InChI is InChI=1S/C16H10F8N4O3/c17-14(18)5-27(6-14)12(30)10(29)4-28-13(31)25-11(26-28)7-1-8(15(19,20)21)3-9(2-7)16(22,23)24/h1-4,29H,5-6H2,(H,25,26,31)/b10-4+. The number of aromatic nitrogens is 3. The molecule has 1 aliphatic rings. The smallest absolute Gasteiger partial charge is 0.416 e. The summed E-state index contributed by atoms with van der Waals surface area (Å²) in [5.74, 6) is -6.34. The topological polar surface area (TPSA) is 91.2 Å². The lowest BCUT2D eigenvalue weighted by molar-refractivity contribution is -0.164. The number of H-pyrrole nitrogens is 1. The van der Waals surface area contributed by atoms with Crippen LogP contribution < -0.4 is 5.69 Å². The molecular formula is C16H10F8N4O3. The van der Waals surface area contributed by atoms with Gasteiger partial charge in [-0.05, 0) is 18.2 Å². The maximum absolute atomic E-state index is 13.0. The molecule has 1 aromatic heterocycles. The third-order valence-corrected chi connectivity index (χ3v) is 4.10. The molecule has 2 aromatic rings. The second kappa shape index (κ2) is 7.09. The highest BCUT2D eigenvalue weighted by molar-refractivity contribution is 5.94. The Morgan fingerprint density at radius 2 is 1.58 bits per heavy atom. The number of benzene rings is 1. The van der Waals surface area contributed by atoms with Crippen molar-refractivity contribution in [2.24, 2.45) is 0 Å². The van der Waals surface area contributed by atoms with Gasteiger partial charge in [-0.15, -0.1) is 5.10 Å². The molecule has 0 radical (unpaired) electrons. The van der Waals surface area contributed by atoms with E-state index >= 15 is 0 Å². The first-order chi connectivity index (χ1) is 14.1. The third kappa shape index (κ3) is 4.69. The first-order valence-corrected chi connectivity index (χ1v) is 8.13. The van der Waals surface area contributed by atoms with Gasteiger partial charge in [0, 0.05) is 5.56 Å². The van der Waals surface area contributed by atoms with Crippen LogP contribution in [0.15, 0.2) is 28.8 Å². The molecule has 1 aliphatic heterocycles. The molecule has 0 saturated carbocycles. The van der Waals surface area contributed by atoms with Crippen LogP contribution in [0.25, 0.3) is 17.6 Å². The molecule has 168 valence electrons. The fourth-order valence-corrected chi connectivity index (χ4v) is 2.63. The maximum atomic E-state index is 13.0. The summed E-state index contributed by atoms with van der Waals surface area (Å²) >= 11 is 0. The van der Waals surface area contributed by atoms with Crippen molar-refractivity contribution < 1.29 is 45.0 Å². The molecule has 0 unspecified atom stereocenters. The molecule has 0 atom stereocenters. The molecule has 2 N–H and O–H groups in total. The third-order valence-electron chi connectivity index (χ3n) is 4.10. The predicted octanol–water partition coefficient (Wildman–Crippen LogP) is 3.11. The first kappa shape index (κ1) is 22.3. The molecule has 31 heavy (non-hydrogen) atoms. The minimum atomic E-state index is -5.14. The van der Waals surface area contributed by atoms with E-state index in [-0.39, 0.29) is 10.7 Å². The first-order valence-electron chi connectivity index (χ1n) is 8.13. The number of likely N-dealkylation sites (tertiary alicyclic amines) is 1. The molecule has 1 aromatic carbocycles. The second-order valence-corrected chi connectivity index (χ2v) is 6.55. The number of hydrogen-bond donors (Lipinski definition) is 2. The summed E-state index contributed by atoms with van der Waals surface area (Å²) in [6, 6.07) is 0.509. The molecule has 3 rings (SSSR count). The summed E-state index contributed by atoms with van der Waals surface area (Å²) in [6.45, 7) is -1.95. The molecule has 15 heteroatoms. The summed E-state index contributed by atoms with van der Waals surface area (Å²) in [4.78, 5) is 26.1. The highest BCUT2D eigenvalue weighted by Gasteiger charge is 2.47. The number of aromatic amines is 1. The molecule has 1 saturated heterocycles. The number of aliphatic hydroxyl groups excluding tert-OH is 1. The Balaban J connectivity index is 1.97. The number of alkyl halides is 8. The van der Waals surface area contributed by atoms with Gasteiger partial charge in [0.1, 0.15) is 0 Å². The van der Waals surface area contributed by atoms with E-state index in [4.69, 9.17) is 0 Å². The fraction of sp³-hybridized carbons (Fsp3) is 0.312. The van der Waals surface area contributed by atoms with Gasteiger partial charge in [-0.1, -0.05) is 0 Å². The van der Waals surface area contributed by atoms with Crippen LogP contribution >= 0.6 is 0 Å². The number of carbonyl (C=O) groups excluding carboxylic acids is 1. The molecule has 0 bridgehead atoms. The van der Waals surface area contributed by atoms with Crippen LogP contribution in [0.5, 0.6) is 0 Å². The Morgan fingerprint density at radius 3 is 2.03 bits per heavy atom. The minimum Gasteiger partial charge on any atom is -0.502 e. The van der Waals surface area contributed by atoms with Crippen LogP contribution in [0.4, 0.5) is 35.1 Å². The van der Waals surface area contributed by atoms with Gasteiger partial charge < -0.3 is 10.0 Å². The van der Waals surface area contributed by atoms with Crippen LogP contribution in [-0.4, -0.2) is 49.7 Å². The number of amides is 1. The van der Waals surface area contributed by atoms with Gasteiger partial charge in [0.05, 0.1) is 30.4 Å². The van der Waals surface area contributed by atoms with Gasteiger partial charge >= 0.3 is 18.0 Å². The molecule has 7 nitrogen and oxygen atoms in total. The van der Waals surface area contributed by atoms with Gasteiger partial charge in [-0.25, -0.2) is 13.6 Å². The van der Waals surface area contributed by atoms with Crippen molar-refractivity contribution in [2.75, 3.05) is 13.1 Å². The van der Waals surface area contributed by atoms with E-state index in [1.165, 1.54) is 0 Å². The predicted molar refractivity (Wildman–Crippen MR) is 86.7 cm³/mol. The van der Waals surface area contributed by atoms with Gasteiger partial charge in [0.25, 0.3) is 11.8 Å². The lowest BCUT2D eigenvalue weighted by Crippen LogP contribution is -2.58. The fourth-order valence-electron chi connectivity index (χ4n) is 2.63. The summed E-state index contributed by atoms with van der Waals surface area (Å²) in [6.07, 6.45) is -9.88. The van der Waals surface area contributed by atoms with Crippen molar-refractivity contribution in [1.82, 2.24) is 19.7 Å². The van der Waals surface area contributed by atoms with Crippen molar-refractivity contribution in [1.29, 1.82) is 0 Å². The van der Waals surface area contributed by atoms with E-state index in [2.05, 4.69) is 5.10 Å². The number of rotatable bonds is 3. The molecular weight excluding hydrogens is 448 g/mol. The zero-order valence-corrected chi connectivity index (χ0v) is 14.9. The monoisotopic (exact) mass is 458 g/mol. The quantitative estimate of drug-likeness (QED) is 0.420. The van der Waals surface area contributed by atoms with Gasteiger partial charge in [-0.3, -0.25) is 9.78 Å². The lowest BCUT2D eigenvalue weighted by Gasteiger charge is -2.38. The Bertz CT molecular complexity index is 1070. The molecule has 0 aliphatic carbocycles. The minimum absolute atomic E-state index is 0.119. The zero-order chi connectivity index (χ0) is 23.4. The number of nitrogens with zero attached hydrogens (tertiary/aromatic N) is 3. The average Bonchev–Trinajstić information content (AvgIpc) is 2.97. The van der Waals surface area contributed by atoms with Gasteiger partial charge in [0.2, 0.25) is 0 Å². The van der Waals surface area contributed by atoms with Crippen molar-refractivity contribution in [3.8, 4) is 11.4 Å². The molecule has 1 amide bonds. The zero-order valence-electron chi connectivity index (χ0n) is 14.9. The van der Waals surface area contributed by atoms with Crippen molar-refractivity contribution >= 4 is 12.1 Å². The van der Waals surface area contributed by atoms with Crippen LogP contribution in [0.2, 0.25) is 0 Å². The molecule has 0 spiro atoms. The Morgan fingerprint density at radius 1 is 1.06 bits per heavy atom. The Kier molecular flexibility index (Phi) is 5.10. The highest BCUT2D eigenvalue weighted by atomic mass is 19.4. The number of aliphatic hydroxyl groups is 1. The maximum Gasteiger partial charge on any atom is 0.416 e. The van der Waals surface area contributed by atoms with E-state index in [1.54, 1.807) is 0 Å². The van der Waals surface area contributed by atoms with E-state index < -0.39 is 71.2 Å². The van der Waals surface area contributed by atoms with Crippen LogP contribution in [-0.2, 0) is 17.1 Å². The van der Waals surface area contributed by atoms with Crippen LogP contribution in [0.3, 0.4) is 0 Å².